The maximum absolute atomic E-state index is 13.8. The van der Waals surface area contributed by atoms with Crippen LogP contribution in [0.15, 0.2) is 60.0 Å². The lowest BCUT2D eigenvalue weighted by atomic mass is 10.0. The summed E-state index contributed by atoms with van der Waals surface area (Å²) in [5.41, 5.74) is 2.80. The lowest BCUT2D eigenvalue weighted by Gasteiger charge is -2.25. The first kappa shape index (κ1) is 23.5. The monoisotopic (exact) mass is 494 g/mol. The van der Waals surface area contributed by atoms with Crippen molar-refractivity contribution in [3.63, 3.8) is 0 Å². The predicted octanol–water partition coefficient (Wildman–Crippen LogP) is 5.55. The molecule has 0 spiro atoms. The molecule has 5 rings (SSSR count). The Morgan fingerprint density at radius 2 is 1.91 bits per heavy atom. The second kappa shape index (κ2) is 9.77. The summed E-state index contributed by atoms with van der Waals surface area (Å²) in [7, 11) is 0. The number of halogens is 2. The number of anilines is 1. The van der Waals surface area contributed by atoms with Crippen LogP contribution in [0.3, 0.4) is 0 Å². The van der Waals surface area contributed by atoms with Gasteiger partial charge in [0.05, 0.1) is 35.7 Å². The summed E-state index contributed by atoms with van der Waals surface area (Å²) >= 11 is 1.38. The van der Waals surface area contributed by atoms with Crippen LogP contribution < -0.4 is 5.32 Å². The van der Waals surface area contributed by atoms with E-state index in [-0.39, 0.29) is 11.5 Å². The number of fused-ring (bicyclic) bond motifs is 1. The fraction of sp³-hybridized carbons (Fsp3) is 0.269. The number of rotatable bonds is 6. The number of morpholine rings is 1. The van der Waals surface area contributed by atoms with Gasteiger partial charge in [0.15, 0.2) is 5.13 Å². The molecule has 1 N–H and O–H groups in total. The Hall–Kier alpha value is -3.27. The minimum absolute atomic E-state index is 0.0837. The number of thiazole rings is 1. The maximum atomic E-state index is 13.8. The van der Waals surface area contributed by atoms with Crippen molar-refractivity contribution in [2.45, 2.75) is 19.4 Å². The van der Waals surface area contributed by atoms with Crippen molar-refractivity contribution in [3.8, 4) is 11.3 Å². The van der Waals surface area contributed by atoms with Gasteiger partial charge in [0, 0.05) is 48.5 Å². The number of pyridine rings is 1. The summed E-state index contributed by atoms with van der Waals surface area (Å²) in [5, 5.41) is 6.13. The average Bonchev–Trinajstić information content (AvgIpc) is 3.30. The molecule has 0 bridgehead atoms. The van der Waals surface area contributed by atoms with Crippen molar-refractivity contribution in [1.82, 2.24) is 14.9 Å². The molecule has 1 saturated heterocycles. The van der Waals surface area contributed by atoms with Gasteiger partial charge in [0.25, 0.3) is 11.8 Å². The van der Waals surface area contributed by atoms with E-state index in [0.29, 0.717) is 34.0 Å². The summed E-state index contributed by atoms with van der Waals surface area (Å²) in [6, 6.07) is 15.1. The van der Waals surface area contributed by atoms with E-state index in [9.17, 15) is 13.6 Å². The summed E-state index contributed by atoms with van der Waals surface area (Å²) in [4.78, 5) is 24.7. The Bertz CT molecular complexity index is 1360. The highest BCUT2D eigenvalue weighted by Crippen LogP contribution is 2.31. The molecule has 0 unspecified atom stereocenters. The molecule has 180 valence electrons. The highest BCUT2D eigenvalue weighted by Gasteiger charge is 2.24. The number of hydrogen-bond acceptors (Lipinski definition) is 6. The molecule has 6 nitrogen and oxygen atoms in total. The van der Waals surface area contributed by atoms with Gasteiger partial charge in [-0.2, -0.15) is 0 Å². The lowest BCUT2D eigenvalue weighted by Crippen LogP contribution is -2.35. The van der Waals surface area contributed by atoms with Gasteiger partial charge in [-0.05, 0) is 18.2 Å². The molecule has 1 fully saturated rings. The summed E-state index contributed by atoms with van der Waals surface area (Å²) < 4.78 is 33.0. The molecule has 0 atom stereocenters. The Morgan fingerprint density at radius 1 is 1.11 bits per heavy atom. The zero-order valence-electron chi connectivity index (χ0n) is 19.1. The fourth-order valence-corrected chi connectivity index (χ4v) is 4.73. The molecule has 9 heteroatoms. The molecular weight excluding hydrogens is 470 g/mol. The first-order valence-corrected chi connectivity index (χ1v) is 12.2. The molecule has 2 aromatic carbocycles. The van der Waals surface area contributed by atoms with E-state index >= 15 is 0 Å². The molecule has 0 aliphatic carbocycles. The summed E-state index contributed by atoms with van der Waals surface area (Å²) in [6.45, 7) is 4.74. The van der Waals surface area contributed by atoms with Crippen LogP contribution in [0.25, 0.3) is 22.2 Å². The first-order chi connectivity index (χ1) is 16.9. The number of alkyl halides is 2. The zero-order chi connectivity index (χ0) is 24.4. The molecule has 35 heavy (non-hydrogen) atoms. The minimum atomic E-state index is -2.95. The van der Waals surface area contributed by atoms with Crippen LogP contribution in [-0.4, -0.2) is 47.1 Å². The normalized spacial score (nSPS) is 14.8. The Balaban J connectivity index is 1.39. The number of aromatic nitrogens is 2. The molecule has 1 aliphatic heterocycles. The molecule has 1 amide bonds. The Labute approximate surface area is 205 Å². The van der Waals surface area contributed by atoms with Crippen LogP contribution in [-0.2, 0) is 17.2 Å². The maximum Gasteiger partial charge on any atom is 0.270 e. The van der Waals surface area contributed by atoms with Gasteiger partial charge >= 0.3 is 0 Å². The number of ether oxygens (including phenoxy) is 1. The van der Waals surface area contributed by atoms with Gasteiger partial charge in [-0.3, -0.25) is 15.0 Å². The van der Waals surface area contributed by atoms with Crippen LogP contribution in [0.4, 0.5) is 13.9 Å². The molecule has 0 saturated carbocycles. The first-order valence-electron chi connectivity index (χ1n) is 11.3. The highest BCUT2D eigenvalue weighted by molar-refractivity contribution is 7.14. The van der Waals surface area contributed by atoms with Crippen molar-refractivity contribution in [3.05, 3.63) is 76.8 Å². The minimum Gasteiger partial charge on any atom is -0.379 e. The molecule has 4 aromatic rings. The molecule has 0 radical (unpaired) electrons. The number of nitrogens with one attached hydrogen (secondary N) is 1. The van der Waals surface area contributed by atoms with Gasteiger partial charge < -0.3 is 4.74 Å². The van der Waals surface area contributed by atoms with Crippen LogP contribution in [0.5, 0.6) is 0 Å². The van der Waals surface area contributed by atoms with Crippen molar-refractivity contribution in [2.24, 2.45) is 0 Å². The molecule has 3 heterocycles. The van der Waals surface area contributed by atoms with E-state index in [1.165, 1.54) is 23.5 Å². The van der Waals surface area contributed by atoms with Crippen LogP contribution in [0.2, 0.25) is 0 Å². The topological polar surface area (TPSA) is 67.4 Å². The fourth-order valence-electron chi connectivity index (χ4n) is 4.03. The molecule has 1 aliphatic rings. The molecular formula is C26H24F2N4O2S. The number of benzene rings is 2. The molecule has 2 aromatic heterocycles. The zero-order valence-corrected chi connectivity index (χ0v) is 19.9. The van der Waals surface area contributed by atoms with Crippen molar-refractivity contribution >= 4 is 33.3 Å². The van der Waals surface area contributed by atoms with Gasteiger partial charge in [0.2, 0.25) is 0 Å². The van der Waals surface area contributed by atoms with E-state index in [4.69, 9.17) is 4.74 Å². The van der Waals surface area contributed by atoms with E-state index in [1.54, 1.807) is 30.3 Å². The largest absolute Gasteiger partial charge is 0.379 e. The third-order valence-electron chi connectivity index (χ3n) is 5.89. The van der Waals surface area contributed by atoms with E-state index in [1.807, 2.05) is 17.5 Å². The van der Waals surface area contributed by atoms with Gasteiger partial charge in [-0.15, -0.1) is 11.3 Å². The second-order valence-electron chi connectivity index (χ2n) is 8.53. The van der Waals surface area contributed by atoms with Crippen LogP contribution in [0, 0.1) is 0 Å². The third-order valence-corrected chi connectivity index (χ3v) is 6.70. The number of carbonyl (C=O) groups excluding carboxylic acids is 1. The number of carbonyl (C=O) groups is 1. The van der Waals surface area contributed by atoms with E-state index < -0.39 is 5.92 Å². The highest BCUT2D eigenvalue weighted by atomic mass is 32.1. The number of para-hydroxylation sites is 1. The number of amides is 1. The SMILES string of the molecule is CC(F)(F)c1cccc(-c2ccc3cccc(C(=O)Nc4nc(CN5CCOCC5)cs4)c3n2)c1. The van der Waals surface area contributed by atoms with Gasteiger partial charge in [-0.25, -0.2) is 18.7 Å². The van der Waals surface area contributed by atoms with Crippen molar-refractivity contribution in [2.75, 3.05) is 31.6 Å². The van der Waals surface area contributed by atoms with Gasteiger partial charge in [0.1, 0.15) is 0 Å². The standard InChI is InChI=1S/C26H24F2N4O2S/c1-26(27,28)19-6-2-5-18(14-19)22-9-8-17-4-3-7-21(23(17)30-22)24(33)31-25-29-20(16-35-25)15-32-10-12-34-13-11-32/h2-9,14,16H,10-13,15H2,1H3,(H,29,31,33). The van der Waals surface area contributed by atoms with Crippen molar-refractivity contribution in [1.29, 1.82) is 0 Å². The van der Waals surface area contributed by atoms with Crippen molar-refractivity contribution < 1.29 is 18.3 Å². The second-order valence-corrected chi connectivity index (χ2v) is 9.39. The Morgan fingerprint density at radius 3 is 2.71 bits per heavy atom. The smallest absolute Gasteiger partial charge is 0.270 e. The quantitative estimate of drug-likeness (QED) is 0.380. The van der Waals surface area contributed by atoms with E-state index in [2.05, 4.69) is 20.2 Å². The van der Waals surface area contributed by atoms with E-state index in [0.717, 1.165) is 44.3 Å². The number of hydrogen-bond donors (Lipinski definition) is 1. The average molecular weight is 495 g/mol. The Kier molecular flexibility index (Phi) is 6.55. The third kappa shape index (κ3) is 5.37. The van der Waals surface area contributed by atoms with Crippen LogP contribution >= 0.6 is 11.3 Å². The summed E-state index contributed by atoms with van der Waals surface area (Å²) in [5.74, 6) is -3.27. The van der Waals surface area contributed by atoms with Crippen LogP contribution in [0.1, 0.15) is 28.5 Å². The van der Waals surface area contributed by atoms with Gasteiger partial charge in [-0.1, -0.05) is 36.4 Å². The summed E-state index contributed by atoms with van der Waals surface area (Å²) in [6.07, 6.45) is 0. The lowest BCUT2D eigenvalue weighted by molar-refractivity contribution is 0.0175. The number of nitrogens with zero attached hydrogens (tertiary/aromatic N) is 3. The predicted molar refractivity (Wildman–Crippen MR) is 133 cm³/mol.